The van der Waals surface area contributed by atoms with Crippen LogP contribution < -0.4 is 5.32 Å². The molecule has 1 unspecified atom stereocenters. The fourth-order valence-electron chi connectivity index (χ4n) is 4.32. The molecule has 0 radical (unpaired) electrons. The van der Waals surface area contributed by atoms with Crippen LogP contribution in [0.25, 0.3) is 27.7 Å². The normalized spacial score (nSPS) is 18.1. The van der Waals surface area contributed by atoms with Gasteiger partial charge >= 0.3 is 0 Å². The van der Waals surface area contributed by atoms with Gasteiger partial charge in [-0.3, -0.25) is 0 Å². The number of fused-ring (bicyclic) bond motifs is 2. The molecule has 1 atom stereocenters. The third kappa shape index (κ3) is 2.79. The van der Waals surface area contributed by atoms with E-state index in [1.807, 2.05) is 34.3 Å². The summed E-state index contributed by atoms with van der Waals surface area (Å²) < 4.78 is 1.86. The Labute approximate surface area is 168 Å². The van der Waals surface area contributed by atoms with Crippen LogP contribution in [0.5, 0.6) is 0 Å². The van der Waals surface area contributed by atoms with E-state index in [1.165, 1.54) is 16.8 Å². The van der Waals surface area contributed by atoms with E-state index in [2.05, 4.69) is 55.1 Å². The summed E-state index contributed by atoms with van der Waals surface area (Å²) in [6, 6.07) is 10.7. The predicted octanol–water partition coefficient (Wildman–Crippen LogP) is 5.53. The van der Waals surface area contributed by atoms with Crippen LogP contribution in [0.2, 0.25) is 0 Å². The van der Waals surface area contributed by atoms with Crippen molar-refractivity contribution in [3.05, 3.63) is 53.0 Å². The first kappa shape index (κ1) is 17.4. The van der Waals surface area contributed by atoms with E-state index < -0.39 is 0 Å². The van der Waals surface area contributed by atoms with E-state index in [-0.39, 0.29) is 5.54 Å². The van der Waals surface area contributed by atoms with Gasteiger partial charge < -0.3 is 5.32 Å². The second kappa shape index (κ2) is 6.14. The van der Waals surface area contributed by atoms with Crippen LogP contribution >= 0.6 is 11.3 Å². The zero-order chi connectivity index (χ0) is 19.5. The molecule has 142 valence electrons. The molecule has 0 fully saturated rings. The van der Waals surface area contributed by atoms with Gasteiger partial charge in [0, 0.05) is 23.0 Å². The summed E-state index contributed by atoms with van der Waals surface area (Å²) in [5, 5.41) is 10.5. The number of hydrogen-bond acceptors (Lipinski definition) is 5. The van der Waals surface area contributed by atoms with Gasteiger partial charge in [-0.05, 0) is 67.8 Å². The molecular formula is C22H23N5S. The van der Waals surface area contributed by atoms with E-state index in [0.29, 0.717) is 11.7 Å². The summed E-state index contributed by atoms with van der Waals surface area (Å²) in [5.74, 6) is 1.88. The Morgan fingerprint density at radius 1 is 1.25 bits per heavy atom. The largest absolute Gasteiger partial charge is 0.380 e. The van der Waals surface area contributed by atoms with E-state index in [9.17, 15) is 0 Å². The van der Waals surface area contributed by atoms with Crippen molar-refractivity contribution in [1.29, 1.82) is 0 Å². The number of rotatable bonds is 2. The average molecular weight is 390 g/mol. The second-order valence-electron chi connectivity index (χ2n) is 8.32. The summed E-state index contributed by atoms with van der Waals surface area (Å²) in [7, 11) is 0. The molecule has 0 saturated heterocycles. The van der Waals surface area contributed by atoms with Crippen LogP contribution in [0.15, 0.2) is 41.9 Å². The van der Waals surface area contributed by atoms with E-state index in [0.717, 1.165) is 28.4 Å². The van der Waals surface area contributed by atoms with Gasteiger partial charge in [-0.1, -0.05) is 19.1 Å². The van der Waals surface area contributed by atoms with Crippen LogP contribution in [0, 0.1) is 6.92 Å². The first-order valence-electron chi connectivity index (χ1n) is 9.60. The molecule has 1 N–H and O–H groups in total. The molecular weight excluding hydrogens is 366 g/mol. The van der Waals surface area contributed by atoms with Crippen LogP contribution in [0.3, 0.4) is 0 Å². The highest BCUT2D eigenvalue weighted by molar-refractivity contribution is 7.13. The van der Waals surface area contributed by atoms with Crippen molar-refractivity contribution >= 4 is 22.8 Å². The van der Waals surface area contributed by atoms with Gasteiger partial charge in [0.15, 0.2) is 5.82 Å². The number of aryl methyl sites for hydroxylation is 1. The maximum Gasteiger partial charge on any atom is 0.253 e. The van der Waals surface area contributed by atoms with Gasteiger partial charge in [-0.25, -0.2) is 4.98 Å². The lowest BCUT2D eigenvalue weighted by atomic mass is 9.80. The van der Waals surface area contributed by atoms with Gasteiger partial charge in [0.2, 0.25) is 0 Å². The van der Waals surface area contributed by atoms with Crippen LogP contribution in [-0.2, 0) is 0 Å². The summed E-state index contributed by atoms with van der Waals surface area (Å²) in [6.07, 6.45) is 2.95. The summed E-state index contributed by atoms with van der Waals surface area (Å²) in [4.78, 5) is 10.1. The standard InChI is InChI=1S/C22H23N5S/c1-13-10-15-14(2)12-22(3,4)25-17(15)11-16(13)18-7-8-23-21-24-20(26-27(18)21)19-6-5-9-28-19/h5-11,14,25H,12H2,1-4H3. The van der Waals surface area contributed by atoms with Crippen molar-refractivity contribution in [2.75, 3.05) is 5.32 Å². The number of thiophene rings is 1. The average Bonchev–Trinajstić information content (AvgIpc) is 3.30. The highest BCUT2D eigenvalue weighted by atomic mass is 32.1. The predicted molar refractivity (Wildman–Crippen MR) is 115 cm³/mol. The van der Waals surface area contributed by atoms with E-state index >= 15 is 0 Å². The van der Waals surface area contributed by atoms with Crippen molar-refractivity contribution < 1.29 is 0 Å². The molecule has 0 aliphatic carbocycles. The van der Waals surface area contributed by atoms with Gasteiger partial charge in [0.1, 0.15) is 0 Å². The van der Waals surface area contributed by atoms with Crippen LogP contribution in [0.4, 0.5) is 5.69 Å². The first-order valence-corrected chi connectivity index (χ1v) is 10.5. The molecule has 0 bridgehead atoms. The Bertz CT molecular complexity index is 1170. The number of benzene rings is 1. The van der Waals surface area contributed by atoms with Crippen molar-refractivity contribution in [3.8, 4) is 22.0 Å². The van der Waals surface area contributed by atoms with Gasteiger partial charge in [0.25, 0.3) is 5.78 Å². The Morgan fingerprint density at radius 2 is 2.11 bits per heavy atom. The zero-order valence-corrected chi connectivity index (χ0v) is 17.3. The van der Waals surface area contributed by atoms with Crippen LogP contribution in [-0.4, -0.2) is 25.1 Å². The quantitative estimate of drug-likeness (QED) is 0.490. The molecule has 4 aromatic rings. The maximum absolute atomic E-state index is 4.76. The number of nitrogens with zero attached hydrogens (tertiary/aromatic N) is 4. The lowest BCUT2D eigenvalue weighted by Crippen LogP contribution is -2.36. The minimum absolute atomic E-state index is 0.0894. The second-order valence-corrected chi connectivity index (χ2v) is 9.27. The van der Waals surface area contributed by atoms with Crippen molar-refractivity contribution in [2.24, 2.45) is 0 Å². The molecule has 0 amide bonds. The van der Waals surface area contributed by atoms with Gasteiger partial charge in [0.05, 0.1) is 10.6 Å². The summed E-state index contributed by atoms with van der Waals surface area (Å²) >= 11 is 1.64. The maximum atomic E-state index is 4.76. The summed E-state index contributed by atoms with van der Waals surface area (Å²) in [6.45, 7) is 9.02. The molecule has 0 spiro atoms. The molecule has 3 aromatic heterocycles. The molecule has 4 heterocycles. The van der Waals surface area contributed by atoms with Crippen molar-refractivity contribution in [3.63, 3.8) is 0 Å². The molecule has 5 nitrogen and oxygen atoms in total. The van der Waals surface area contributed by atoms with Crippen molar-refractivity contribution in [1.82, 2.24) is 19.6 Å². The third-order valence-electron chi connectivity index (χ3n) is 5.48. The molecule has 1 aromatic carbocycles. The molecule has 0 saturated carbocycles. The molecule has 1 aliphatic rings. The Hall–Kier alpha value is -2.73. The molecule has 28 heavy (non-hydrogen) atoms. The lowest BCUT2D eigenvalue weighted by Gasteiger charge is -2.38. The SMILES string of the molecule is Cc1cc2c(cc1-c1ccnc3nc(-c4cccs4)nn13)NC(C)(C)CC2C. The van der Waals surface area contributed by atoms with E-state index in [1.54, 1.807) is 11.3 Å². The van der Waals surface area contributed by atoms with Gasteiger partial charge in [-0.2, -0.15) is 9.50 Å². The smallest absolute Gasteiger partial charge is 0.253 e. The minimum Gasteiger partial charge on any atom is -0.380 e. The van der Waals surface area contributed by atoms with Gasteiger partial charge in [-0.15, -0.1) is 16.4 Å². The Kier molecular flexibility index (Phi) is 3.81. The minimum atomic E-state index is 0.0894. The number of hydrogen-bond donors (Lipinski definition) is 1. The number of aromatic nitrogens is 4. The fourth-order valence-corrected chi connectivity index (χ4v) is 4.97. The first-order chi connectivity index (χ1) is 13.4. The highest BCUT2D eigenvalue weighted by Crippen LogP contribution is 2.41. The summed E-state index contributed by atoms with van der Waals surface area (Å²) in [5.41, 5.74) is 6.11. The molecule has 1 aliphatic heterocycles. The molecule has 6 heteroatoms. The van der Waals surface area contributed by atoms with Crippen molar-refractivity contribution in [2.45, 2.75) is 45.6 Å². The fraction of sp³-hybridized carbons (Fsp3) is 0.318. The molecule has 5 rings (SSSR count). The number of anilines is 1. The van der Waals surface area contributed by atoms with Crippen LogP contribution in [0.1, 0.15) is 44.2 Å². The highest BCUT2D eigenvalue weighted by Gasteiger charge is 2.30. The third-order valence-corrected chi connectivity index (χ3v) is 6.34. The topological polar surface area (TPSA) is 55.1 Å². The Balaban J connectivity index is 1.68. The Morgan fingerprint density at radius 3 is 2.89 bits per heavy atom. The lowest BCUT2D eigenvalue weighted by molar-refractivity contribution is 0.454. The van der Waals surface area contributed by atoms with E-state index in [4.69, 9.17) is 5.10 Å². The zero-order valence-electron chi connectivity index (χ0n) is 16.5. The monoisotopic (exact) mass is 389 g/mol. The number of nitrogens with one attached hydrogen (secondary N) is 1.